The van der Waals surface area contributed by atoms with Crippen LogP contribution in [0.5, 0.6) is 0 Å². The molecule has 0 bridgehead atoms. The van der Waals surface area contributed by atoms with Crippen molar-refractivity contribution in [2.45, 2.75) is 13.1 Å². The van der Waals surface area contributed by atoms with E-state index in [1.807, 2.05) is 22.4 Å². The van der Waals surface area contributed by atoms with Crippen LogP contribution in [0.4, 0.5) is 0 Å². The maximum atomic E-state index is 5.88. The monoisotopic (exact) mass is 239 g/mol. The molecule has 0 unspecified atom stereocenters. The predicted octanol–water partition coefficient (Wildman–Crippen LogP) is 1.06. The van der Waals surface area contributed by atoms with Crippen molar-refractivity contribution in [1.29, 1.82) is 0 Å². The molecule has 2 aromatic heterocycles. The first-order valence-electron chi connectivity index (χ1n) is 5.10. The number of hydrogen-bond donors (Lipinski definition) is 1. The summed E-state index contributed by atoms with van der Waals surface area (Å²) >= 11 is 5.88. The Bertz CT molecular complexity index is 434. The van der Waals surface area contributed by atoms with Gasteiger partial charge in [0, 0.05) is 32.5 Å². The molecule has 16 heavy (non-hydrogen) atoms. The largest absolute Gasteiger partial charge is 0.336 e. The molecule has 0 saturated heterocycles. The van der Waals surface area contributed by atoms with Crippen LogP contribution in [0.25, 0.3) is 0 Å². The van der Waals surface area contributed by atoms with Gasteiger partial charge in [-0.3, -0.25) is 0 Å². The summed E-state index contributed by atoms with van der Waals surface area (Å²) < 4.78 is 3.89. The highest BCUT2D eigenvalue weighted by molar-refractivity contribution is 6.29. The molecule has 0 saturated carbocycles. The lowest BCUT2D eigenvalue weighted by molar-refractivity contribution is 0.576. The number of nitrogens with one attached hydrogen (secondary N) is 1. The van der Waals surface area contributed by atoms with E-state index in [2.05, 4.69) is 15.3 Å². The van der Waals surface area contributed by atoms with Crippen molar-refractivity contribution >= 4 is 11.6 Å². The number of imidazole rings is 2. The third-order valence-corrected chi connectivity index (χ3v) is 2.77. The van der Waals surface area contributed by atoms with Crippen LogP contribution >= 0.6 is 11.6 Å². The van der Waals surface area contributed by atoms with E-state index < -0.39 is 0 Å². The average molecular weight is 240 g/mol. The second-order valence-electron chi connectivity index (χ2n) is 3.53. The van der Waals surface area contributed by atoms with Crippen LogP contribution in [0.15, 0.2) is 24.9 Å². The molecule has 0 spiro atoms. The van der Waals surface area contributed by atoms with E-state index in [4.69, 9.17) is 11.6 Å². The van der Waals surface area contributed by atoms with Crippen LogP contribution in [0, 0.1) is 0 Å². The second kappa shape index (κ2) is 5.14. The summed E-state index contributed by atoms with van der Waals surface area (Å²) in [5.41, 5.74) is 0. The Balaban J connectivity index is 1.74. The van der Waals surface area contributed by atoms with Gasteiger partial charge in [-0.05, 0) is 0 Å². The molecule has 2 rings (SSSR count). The molecule has 0 atom stereocenters. The molecule has 1 N–H and O–H groups in total. The van der Waals surface area contributed by atoms with Gasteiger partial charge in [-0.2, -0.15) is 0 Å². The Morgan fingerprint density at radius 2 is 2.38 bits per heavy atom. The molecule has 0 aliphatic heterocycles. The molecule has 0 aromatic carbocycles. The van der Waals surface area contributed by atoms with Gasteiger partial charge in [0.15, 0.2) is 0 Å². The lowest BCUT2D eigenvalue weighted by atomic mass is 10.5. The first-order chi connectivity index (χ1) is 7.77. The summed E-state index contributed by atoms with van der Waals surface area (Å²) in [6, 6.07) is 0. The van der Waals surface area contributed by atoms with Crippen molar-refractivity contribution in [3.05, 3.63) is 35.9 Å². The predicted molar refractivity (Wildman–Crippen MR) is 62.2 cm³/mol. The molecule has 0 amide bonds. The average Bonchev–Trinajstić information content (AvgIpc) is 2.88. The highest BCUT2D eigenvalue weighted by Gasteiger charge is 2.02. The molecule has 0 aliphatic rings. The van der Waals surface area contributed by atoms with E-state index in [0.29, 0.717) is 5.15 Å². The van der Waals surface area contributed by atoms with Crippen molar-refractivity contribution in [2.75, 3.05) is 6.54 Å². The molecule has 5 nitrogen and oxygen atoms in total. The molecular formula is C10H14ClN5. The lowest BCUT2D eigenvalue weighted by Gasteiger charge is -2.05. The Morgan fingerprint density at radius 3 is 3.00 bits per heavy atom. The molecule has 0 fully saturated rings. The van der Waals surface area contributed by atoms with Crippen LogP contribution in [0.3, 0.4) is 0 Å². The summed E-state index contributed by atoms with van der Waals surface area (Å²) in [4.78, 5) is 8.18. The Kier molecular flexibility index (Phi) is 3.58. The summed E-state index contributed by atoms with van der Waals surface area (Å²) in [5, 5.41) is 3.96. The van der Waals surface area contributed by atoms with Crippen molar-refractivity contribution in [1.82, 2.24) is 24.4 Å². The number of aromatic nitrogens is 4. The Hall–Kier alpha value is -1.33. The number of halogens is 1. The first kappa shape index (κ1) is 11.2. The highest BCUT2D eigenvalue weighted by Crippen LogP contribution is 2.08. The second-order valence-corrected chi connectivity index (χ2v) is 3.92. The zero-order valence-corrected chi connectivity index (χ0v) is 9.85. The highest BCUT2D eigenvalue weighted by atomic mass is 35.5. The minimum Gasteiger partial charge on any atom is -0.336 e. The Labute approximate surface area is 99.1 Å². The maximum Gasteiger partial charge on any atom is 0.128 e. The van der Waals surface area contributed by atoms with E-state index in [9.17, 15) is 0 Å². The number of hydrogen-bond acceptors (Lipinski definition) is 3. The van der Waals surface area contributed by atoms with Gasteiger partial charge >= 0.3 is 0 Å². The lowest BCUT2D eigenvalue weighted by Crippen LogP contribution is -2.20. The van der Waals surface area contributed by atoms with Gasteiger partial charge in [-0.1, -0.05) is 11.6 Å². The summed E-state index contributed by atoms with van der Waals surface area (Å²) in [6.07, 6.45) is 7.19. The number of rotatable bonds is 5. The fraction of sp³-hybridized carbons (Fsp3) is 0.400. The minimum absolute atomic E-state index is 0.659. The minimum atomic E-state index is 0.659. The van der Waals surface area contributed by atoms with E-state index in [-0.39, 0.29) is 0 Å². The third kappa shape index (κ3) is 2.62. The van der Waals surface area contributed by atoms with Crippen molar-refractivity contribution < 1.29 is 0 Å². The molecule has 0 aliphatic carbocycles. The zero-order chi connectivity index (χ0) is 11.4. The first-order valence-corrected chi connectivity index (χ1v) is 5.47. The number of nitrogens with zero attached hydrogens (tertiary/aromatic N) is 4. The van der Waals surface area contributed by atoms with Crippen LogP contribution in [-0.4, -0.2) is 25.6 Å². The van der Waals surface area contributed by atoms with Gasteiger partial charge in [0.1, 0.15) is 11.0 Å². The van der Waals surface area contributed by atoms with E-state index in [1.165, 1.54) is 0 Å². The molecule has 0 radical (unpaired) electrons. The van der Waals surface area contributed by atoms with Gasteiger partial charge in [0.2, 0.25) is 0 Å². The van der Waals surface area contributed by atoms with Gasteiger partial charge in [-0.15, -0.1) is 0 Å². The standard InChI is InChI=1S/C10H14ClN5/c1-15-9(11)6-14-10(15)7-12-2-4-16-5-3-13-8-16/h3,5-6,8,12H,2,4,7H2,1H3. The van der Waals surface area contributed by atoms with Crippen molar-refractivity contribution in [3.63, 3.8) is 0 Å². The molecular weight excluding hydrogens is 226 g/mol. The van der Waals surface area contributed by atoms with Gasteiger partial charge in [0.25, 0.3) is 0 Å². The van der Waals surface area contributed by atoms with Crippen molar-refractivity contribution in [3.8, 4) is 0 Å². The van der Waals surface area contributed by atoms with Gasteiger partial charge < -0.3 is 14.5 Å². The quantitative estimate of drug-likeness (QED) is 0.794. The topological polar surface area (TPSA) is 47.7 Å². The molecule has 2 aromatic rings. The molecule has 2 heterocycles. The van der Waals surface area contributed by atoms with Crippen LogP contribution in [0.2, 0.25) is 5.15 Å². The third-order valence-electron chi connectivity index (χ3n) is 2.42. The summed E-state index contributed by atoms with van der Waals surface area (Å²) in [7, 11) is 1.90. The zero-order valence-electron chi connectivity index (χ0n) is 9.10. The smallest absolute Gasteiger partial charge is 0.128 e. The fourth-order valence-electron chi connectivity index (χ4n) is 1.42. The van der Waals surface area contributed by atoms with Crippen LogP contribution in [0.1, 0.15) is 5.82 Å². The normalized spacial score (nSPS) is 10.9. The van der Waals surface area contributed by atoms with Gasteiger partial charge in [-0.25, -0.2) is 9.97 Å². The summed E-state index contributed by atoms with van der Waals surface area (Å²) in [5.74, 6) is 0.940. The van der Waals surface area contributed by atoms with Crippen LogP contribution < -0.4 is 5.32 Å². The molecule has 86 valence electrons. The van der Waals surface area contributed by atoms with E-state index in [0.717, 1.165) is 25.5 Å². The van der Waals surface area contributed by atoms with E-state index in [1.54, 1.807) is 18.7 Å². The SMILES string of the molecule is Cn1c(Cl)cnc1CNCCn1ccnc1. The maximum absolute atomic E-state index is 5.88. The Morgan fingerprint density at radius 1 is 1.50 bits per heavy atom. The van der Waals surface area contributed by atoms with Gasteiger partial charge in [0.05, 0.1) is 19.1 Å². The van der Waals surface area contributed by atoms with Crippen LogP contribution in [-0.2, 0) is 20.1 Å². The summed E-state index contributed by atoms with van der Waals surface area (Å²) in [6.45, 7) is 2.50. The fourth-order valence-corrected chi connectivity index (χ4v) is 1.56. The molecule has 6 heteroatoms. The van der Waals surface area contributed by atoms with E-state index >= 15 is 0 Å². The van der Waals surface area contributed by atoms with Crippen molar-refractivity contribution in [2.24, 2.45) is 7.05 Å².